The Labute approximate surface area is 277 Å². The highest BCUT2D eigenvalue weighted by atomic mass is 16.1. The molecule has 0 amide bonds. The number of carbonyl (C=O) groups excluding carboxylic acids is 1. The third kappa shape index (κ3) is 5.03. The monoisotopic (exact) mass is 607 g/mol. The Morgan fingerprint density at radius 3 is 0.872 bits per heavy atom. The molecule has 2 heteroatoms. The van der Waals surface area contributed by atoms with Crippen LogP contribution in [0.15, 0.2) is 200 Å². The van der Waals surface area contributed by atoms with Crippen LogP contribution < -0.4 is 0 Å². The average Bonchev–Trinajstić information content (AvgIpc) is 3.59. The molecule has 0 aliphatic rings. The van der Waals surface area contributed by atoms with Gasteiger partial charge < -0.3 is 4.57 Å². The summed E-state index contributed by atoms with van der Waals surface area (Å²) in [5, 5.41) is 0. The molecule has 0 atom stereocenters. The summed E-state index contributed by atoms with van der Waals surface area (Å²) in [4.78, 5) is 16.1. The lowest BCUT2D eigenvalue weighted by Crippen LogP contribution is -2.55. The van der Waals surface area contributed by atoms with Crippen LogP contribution in [0.4, 0.5) is 0 Å². The number of hydrogen-bond donors (Lipinski definition) is 0. The van der Waals surface area contributed by atoms with Crippen LogP contribution in [0.5, 0.6) is 0 Å². The second-order valence-electron chi connectivity index (χ2n) is 12.1. The van der Waals surface area contributed by atoms with Crippen molar-refractivity contribution in [1.82, 2.24) is 4.57 Å². The average molecular weight is 608 g/mol. The van der Waals surface area contributed by atoms with Crippen LogP contribution in [0, 0.1) is 5.92 Å². The maximum Gasteiger partial charge on any atom is 0.185 e. The summed E-state index contributed by atoms with van der Waals surface area (Å²) in [6.07, 6.45) is 1.97. The molecule has 0 fully saturated rings. The first-order chi connectivity index (χ1) is 23.2. The Morgan fingerprint density at radius 1 is 0.404 bits per heavy atom. The Bertz CT molecular complexity index is 1710. The smallest absolute Gasteiger partial charge is 0.185 e. The fraction of sp³-hybridized carbons (Fsp3) is 0.0889. The van der Waals surface area contributed by atoms with E-state index in [1.165, 1.54) is 0 Å². The van der Waals surface area contributed by atoms with Gasteiger partial charge in [-0.2, -0.15) is 0 Å². The first kappa shape index (κ1) is 30.0. The topological polar surface area (TPSA) is 22.0 Å². The second-order valence-corrected chi connectivity index (χ2v) is 12.1. The molecule has 6 aromatic carbocycles. The predicted octanol–water partition coefficient (Wildman–Crippen LogP) is 9.89. The van der Waals surface area contributed by atoms with Gasteiger partial charge in [-0.05, 0) is 45.5 Å². The van der Waals surface area contributed by atoms with Gasteiger partial charge in [0.05, 0.1) is 22.4 Å². The van der Waals surface area contributed by atoms with Crippen molar-refractivity contribution in [2.75, 3.05) is 0 Å². The minimum Gasteiger partial charge on any atom is -0.348 e. The summed E-state index contributed by atoms with van der Waals surface area (Å²) in [5.74, 6) is -0.631. The van der Waals surface area contributed by atoms with E-state index in [1.807, 2.05) is 29.9 Å². The van der Waals surface area contributed by atoms with Crippen molar-refractivity contribution in [3.63, 3.8) is 0 Å². The molecule has 7 rings (SSSR count). The molecule has 228 valence electrons. The zero-order valence-corrected chi connectivity index (χ0v) is 26.5. The van der Waals surface area contributed by atoms with E-state index in [-0.39, 0.29) is 5.78 Å². The van der Waals surface area contributed by atoms with Crippen molar-refractivity contribution in [3.05, 3.63) is 239 Å². The molecular weight excluding hydrogens is 571 g/mol. The predicted molar refractivity (Wildman–Crippen MR) is 192 cm³/mol. The molecule has 0 N–H and O–H groups in total. The van der Waals surface area contributed by atoms with E-state index < -0.39 is 16.7 Å². The molecule has 0 saturated carbocycles. The number of aryl methyl sites for hydroxylation is 1. The number of Topliss-reactive ketones (excluding diaryl/α,β-unsaturated/α-hetero) is 1. The second kappa shape index (κ2) is 12.9. The number of hydrogen-bond acceptors (Lipinski definition) is 1. The van der Waals surface area contributed by atoms with Crippen LogP contribution in [0.2, 0.25) is 0 Å². The fourth-order valence-electron chi connectivity index (χ4n) is 7.79. The number of ketones is 1. The third-order valence-electron chi connectivity index (χ3n) is 9.70. The molecule has 0 bridgehead atoms. The van der Waals surface area contributed by atoms with E-state index in [9.17, 15) is 0 Å². The standard InChI is InChI=1S/C45H37NO/c1-46-34-20-33-41(46)42(47)43(44(35-21-8-2-9-22-35,36-23-10-3-11-24-36)37-25-12-4-13-26-37)45(38-27-14-5-15-28-38,39-29-16-6-17-30-39)40-31-18-7-19-32-40/h2-34,43H,1H3. The molecule has 0 aliphatic heterocycles. The molecule has 1 aromatic heterocycles. The van der Waals surface area contributed by atoms with E-state index in [2.05, 4.69) is 182 Å². The van der Waals surface area contributed by atoms with E-state index in [4.69, 9.17) is 0 Å². The van der Waals surface area contributed by atoms with Gasteiger partial charge in [0.15, 0.2) is 5.78 Å². The molecule has 0 unspecified atom stereocenters. The van der Waals surface area contributed by atoms with Crippen molar-refractivity contribution in [3.8, 4) is 0 Å². The number of rotatable bonds is 10. The SMILES string of the molecule is Cn1cccc1C(=O)C(C(c1ccccc1)(c1ccccc1)c1ccccc1)C(c1ccccc1)(c1ccccc1)c1ccccc1. The highest BCUT2D eigenvalue weighted by molar-refractivity contribution is 6.01. The van der Waals surface area contributed by atoms with Gasteiger partial charge in [-0.3, -0.25) is 4.79 Å². The van der Waals surface area contributed by atoms with Gasteiger partial charge >= 0.3 is 0 Å². The Balaban J connectivity index is 1.77. The highest BCUT2D eigenvalue weighted by Gasteiger charge is 2.59. The lowest BCUT2D eigenvalue weighted by molar-refractivity contribution is 0.0820. The largest absolute Gasteiger partial charge is 0.348 e. The lowest BCUT2D eigenvalue weighted by atomic mass is 9.48. The summed E-state index contributed by atoms with van der Waals surface area (Å²) in [7, 11) is 1.97. The van der Waals surface area contributed by atoms with Crippen molar-refractivity contribution in [2.45, 2.75) is 10.8 Å². The Kier molecular flexibility index (Phi) is 8.25. The third-order valence-corrected chi connectivity index (χ3v) is 9.70. The maximum absolute atomic E-state index is 16.1. The zero-order chi connectivity index (χ0) is 32.1. The van der Waals surface area contributed by atoms with Gasteiger partial charge in [-0.15, -0.1) is 0 Å². The van der Waals surface area contributed by atoms with Crippen LogP contribution in [0.25, 0.3) is 0 Å². The van der Waals surface area contributed by atoms with Crippen molar-refractivity contribution in [1.29, 1.82) is 0 Å². The van der Waals surface area contributed by atoms with Gasteiger partial charge in [0, 0.05) is 13.2 Å². The molecular formula is C45H37NO. The summed E-state index contributed by atoms with van der Waals surface area (Å²) in [6, 6.07) is 67.7. The molecule has 1 heterocycles. The van der Waals surface area contributed by atoms with E-state index in [1.54, 1.807) is 0 Å². The van der Waals surface area contributed by atoms with Gasteiger partial charge in [-0.25, -0.2) is 0 Å². The molecule has 0 aliphatic carbocycles. The Hall–Kier alpha value is -5.73. The summed E-state index contributed by atoms with van der Waals surface area (Å²) < 4.78 is 1.97. The van der Waals surface area contributed by atoms with E-state index in [0.717, 1.165) is 33.4 Å². The number of aromatic nitrogens is 1. The Morgan fingerprint density at radius 2 is 0.660 bits per heavy atom. The number of benzene rings is 6. The van der Waals surface area contributed by atoms with Crippen molar-refractivity contribution < 1.29 is 4.79 Å². The van der Waals surface area contributed by atoms with Crippen LogP contribution in [-0.2, 0) is 17.9 Å². The van der Waals surface area contributed by atoms with Crippen LogP contribution in [0.3, 0.4) is 0 Å². The fourth-order valence-corrected chi connectivity index (χ4v) is 7.79. The molecule has 0 radical (unpaired) electrons. The summed E-state index contributed by atoms with van der Waals surface area (Å²) >= 11 is 0. The van der Waals surface area contributed by atoms with Gasteiger partial charge in [0.25, 0.3) is 0 Å². The maximum atomic E-state index is 16.1. The molecule has 2 nitrogen and oxygen atoms in total. The van der Waals surface area contributed by atoms with Gasteiger partial charge in [0.2, 0.25) is 0 Å². The lowest BCUT2D eigenvalue weighted by Gasteiger charge is -2.52. The van der Waals surface area contributed by atoms with E-state index >= 15 is 4.79 Å². The molecule has 47 heavy (non-hydrogen) atoms. The number of nitrogens with zero attached hydrogens (tertiary/aromatic N) is 1. The minimum absolute atomic E-state index is 0.0608. The number of carbonyl (C=O) groups is 1. The first-order valence-corrected chi connectivity index (χ1v) is 16.2. The molecule has 7 aromatic rings. The summed E-state index contributed by atoms with van der Waals surface area (Å²) in [6.45, 7) is 0. The summed E-state index contributed by atoms with van der Waals surface area (Å²) in [5.41, 5.74) is 5.10. The van der Waals surface area contributed by atoms with Gasteiger partial charge in [-0.1, -0.05) is 182 Å². The minimum atomic E-state index is -0.938. The quantitative estimate of drug-likeness (QED) is 0.112. The normalized spacial score (nSPS) is 11.8. The van der Waals surface area contributed by atoms with Crippen LogP contribution in [-0.4, -0.2) is 10.4 Å². The van der Waals surface area contributed by atoms with E-state index in [0.29, 0.717) is 5.69 Å². The van der Waals surface area contributed by atoms with Crippen molar-refractivity contribution >= 4 is 5.78 Å². The zero-order valence-electron chi connectivity index (χ0n) is 26.5. The van der Waals surface area contributed by atoms with Crippen LogP contribution in [0.1, 0.15) is 43.9 Å². The molecule has 0 spiro atoms. The highest BCUT2D eigenvalue weighted by Crippen LogP contribution is 2.58. The molecule has 0 saturated heterocycles. The van der Waals surface area contributed by atoms with Crippen molar-refractivity contribution in [2.24, 2.45) is 13.0 Å². The van der Waals surface area contributed by atoms with Gasteiger partial charge in [0.1, 0.15) is 0 Å². The first-order valence-electron chi connectivity index (χ1n) is 16.2. The van der Waals surface area contributed by atoms with Crippen LogP contribution >= 0.6 is 0 Å².